The van der Waals surface area contributed by atoms with Gasteiger partial charge in [-0.05, 0) is 94.9 Å². The molecule has 0 aliphatic carbocycles. The summed E-state index contributed by atoms with van der Waals surface area (Å²) >= 11 is 12.1. The average Bonchev–Trinajstić information content (AvgIpc) is 2.83. The number of halogens is 3. The van der Waals surface area contributed by atoms with Gasteiger partial charge in [-0.2, -0.15) is 0 Å². The lowest BCUT2D eigenvalue weighted by Gasteiger charge is -2.32. The molecule has 2 aromatic rings. The molecule has 31 heavy (non-hydrogen) atoms. The van der Waals surface area contributed by atoms with Crippen LogP contribution in [0, 0.1) is 0 Å². The lowest BCUT2D eigenvalue weighted by Crippen LogP contribution is -2.37. The highest BCUT2D eigenvalue weighted by atomic mass is 79.9. The van der Waals surface area contributed by atoms with Crippen LogP contribution < -0.4 is 10.2 Å². The topological polar surface area (TPSA) is 59.5 Å². The molecule has 9 heteroatoms. The Morgan fingerprint density at radius 1 is 0.871 bits per heavy atom. The van der Waals surface area contributed by atoms with Crippen molar-refractivity contribution < 1.29 is 9.47 Å². The van der Waals surface area contributed by atoms with E-state index in [1.165, 1.54) is 12.8 Å². The largest absolute Gasteiger partial charge is 0.381 e. The van der Waals surface area contributed by atoms with E-state index in [4.69, 9.17) is 21.1 Å². The second kappa shape index (κ2) is 15.1. The predicted molar refractivity (Wildman–Crippen MR) is 134 cm³/mol. The van der Waals surface area contributed by atoms with Crippen molar-refractivity contribution in [2.24, 2.45) is 0 Å². The first-order valence-corrected chi connectivity index (χ1v) is 12.4. The van der Waals surface area contributed by atoms with Gasteiger partial charge in [-0.3, -0.25) is 0 Å². The number of nitrogens with zero attached hydrogens (tertiary/aromatic N) is 3. The minimum Gasteiger partial charge on any atom is -0.381 e. The van der Waals surface area contributed by atoms with E-state index in [0.717, 1.165) is 53.8 Å². The number of hydrogen-bond acceptors (Lipinski definition) is 6. The number of ether oxygens (including phenoxy) is 2. The number of rotatable bonds is 3. The Morgan fingerprint density at radius 3 is 1.84 bits per heavy atom. The maximum absolute atomic E-state index is 5.48. The van der Waals surface area contributed by atoms with Gasteiger partial charge in [-0.15, -0.1) is 0 Å². The zero-order chi connectivity index (χ0) is 22.5. The Labute approximate surface area is 207 Å². The van der Waals surface area contributed by atoms with E-state index in [1.54, 1.807) is 26.5 Å². The zero-order valence-electron chi connectivity index (χ0n) is 18.1. The van der Waals surface area contributed by atoms with Crippen molar-refractivity contribution in [3.63, 3.8) is 0 Å². The minimum absolute atomic E-state index is 0.427. The summed E-state index contributed by atoms with van der Waals surface area (Å²) in [5.41, 5.74) is 0. The monoisotopic (exact) mass is 576 g/mol. The average molecular weight is 579 g/mol. The van der Waals surface area contributed by atoms with Gasteiger partial charge in [0.25, 0.3) is 0 Å². The third-order valence-electron chi connectivity index (χ3n) is 5.12. The van der Waals surface area contributed by atoms with Crippen LogP contribution >= 0.6 is 43.5 Å². The fourth-order valence-corrected chi connectivity index (χ4v) is 3.85. The summed E-state index contributed by atoms with van der Waals surface area (Å²) in [4.78, 5) is 10.5. The molecule has 0 aromatic carbocycles. The maximum Gasteiger partial charge on any atom is 0.129 e. The number of hydrogen-bond donors (Lipinski definition) is 1. The van der Waals surface area contributed by atoms with Crippen molar-refractivity contribution in [2.45, 2.75) is 37.9 Å². The molecule has 2 aromatic heterocycles. The molecule has 0 radical (unpaired) electrons. The Bertz CT molecular complexity index is 702. The van der Waals surface area contributed by atoms with E-state index in [2.05, 4.69) is 58.1 Å². The van der Waals surface area contributed by atoms with Crippen molar-refractivity contribution in [3.8, 4) is 0 Å². The Hall–Kier alpha value is -0.770. The van der Waals surface area contributed by atoms with Crippen LogP contribution in [-0.2, 0) is 9.47 Å². The fraction of sp³-hybridized carbons (Fsp3) is 0.545. The summed E-state index contributed by atoms with van der Waals surface area (Å²) < 4.78 is 12.5. The highest BCUT2D eigenvalue weighted by Gasteiger charge is 2.19. The van der Waals surface area contributed by atoms with Crippen LogP contribution in [0.2, 0.25) is 5.15 Å². The van der Waals surface area contributed by atoms with Crippen LogP contribution in [0.25, 0.3) is 0 Å². The normalized spacial score (nSPS) is 17.3. The summed E-state index contributed by atoms with van der Waals surface area (Å²) in [5, 5.41) is 3.79. The molecule has 2 saturated heterocycles. The SMILES string of the molecule is COC1CCN(c2ccc(Br)cn2)CC1.COC1CCNCC1.Clc1ccc(Br)cn1. The molecule has 4 rings (SSSR count). The molecule has 1 N–H and O–H groups in total. The number of pyridine rings is 2. The van der Waals surface area contributed by atoms with E-state index in [0.29, 0.717) is 17.4 Å². The van der Waals surface area contributed by atoms with Crippen molar-refractivity contribution in [3.05, 3.63) is 50.8 Å². The first kappa shape index (κ1) is 26.5. The molecular formula is C22H31Br2ClN4O2. The highest BCUT2D eigenvalue weighted by molar-refractivity contribution is 9.10. The zero-order valence-corrected chi connectivity index (χ0v) is 22.0. The second-order valence-electron chi connectivity index (χ2n) is 7.24. The molecule has 2 fully saturated rings. The lowest BCUT2D eigenvalue weighted by atomic mass is 10.1. The Kier molecular flexibility index (Phi) is 12.9. The third kappa shape index (κ3) is 10.6. The number of nitrogens with one attached hydrogen (secondary N) is 1. The van der Waals surface area contributed by atoms with Gasteiger partial charge < -0.3 is 19.7 Å². The number of aromatic nitrogens is 2. The molecule has 6 nitrogen and oxygen atoms in total. The summed E-state index contributed by atoms with van der Waals surface area (Å²) in [6.45, 7) is 4.32. The summed E-state index contributed by atoms with van der Waals surface area (Å²) in [6, 6.07) is 7.66. The number of anilines is 1. The van der Waals surface area contributed by atoms with Gasteiger partial charge in [0.2, 0.25) is 0 Å². The molecular weight excluding hydrogens is 548 g/mol. The van der Waals surface area contributed by atoms with Gasteiger partial charge >= 0.3 is 0 Å². The number of piperidine rings is 2. The number of methoxy groups -OCH3 is 2. The molecule has 0 unspecified atom stereocenters. The minimum atomic E-state index is 0.427. The van der Waals surface area contributed by atoms with Crippen LogP contribution in [0.1, 0.15) is 25.7 Å². The van der Waals surface area contributed by atoms with E-state index in [-0.39, 0.29) is 0 Å². The maximum atomic E-state index is 5.48. The molecule has 0 bridgehead atoms. The summed E-state index contributed by atoms with van der Waals surface area (Å²) in [5.74, 6) is 1.06. The lowest BCUT2D eigenvalue weighted by molar-refractivity contribution is 0.0765. The van der Waals surface area contributed by atoms with Gasteiger partial charge in [0, 0.05) is 48.6 Å². The molecule has 0 atom stereocenters. The van der Waals surface area contributed by atoms with Crippen molar-refractivity contribution >= 4 is 49.3 Å². The molecule has 2 aliphatic heterocycles. The van der Waals surface area contributed by atoms with Crippen molar-refractivity contribution in [1.82, 2.24) is 15.3 Å². The van der Waals surface area contributed by atoms with Gasteiger partial charge in [-0.25, -0.2) is 9.97 Å². The highest BCUT2D eigenvalue weighted by Crippen LogP contribution is 2.20. The van der Waals surface area contributed by atoms with Gasteiger partial charge in [0.05, 0.1) is 12.2 Å². The van der Waals surface area contributed by atoms with Crippen molar-refractivity contribution in [1.29, 1.82) is 0 Å². The first-order valence-electron chi connectivity index (χ1n) is 10.4. The molecule has 172 valence electrons. The molecule has 0 spiro atoms. The summed E-state index contributed by atoms with van der Waals surface area (Å²) in [6.07, 6.45) is 8.99. The first-order chi connectivity index (χ1) is 15.0. The molecule has 2 aliphatic rings. The second-order valence-corrected chi connectivity index (χ2v) is 9.46. The standard InChI is InChI=1S/C11H15BrN2O.C6H13NO.C5H3BrClN/c1-15-10-4-6-14(7-5-10)11-3-2-9(12)8-13-11;1-8-6-2-4-7-5-3-6;6-4-1-2-5(7)8-3-4/h2-3,8,10H,4-7H2,1H3;6-7H,2-5H2,1H3;1-3H. The van der Waals surface area contributed by atoms with Gasteiger partial charge in [0.1, 0.15) is 11.0 Å². The van der Waals surface area contributed by atoms with Crippen LogP contribution in [0.5, 0.6) is 0 Å². The Balaban J connectivity index is 0.000000181. The Morgan fingerprint density at radius 2 is 1.42 bits per heavy atom. The van der Waals surface area contributed by atoms with E-state index in [9.17, 15) is 0 Å². The fourth-order valence-electron chi connectivity index (χ4n) is 3.26. The van der Waals surface area contributed by atoms with Crippen LogP contribution in [0.15, 0.2) is 45.6 Å². The van der Waals surface area contributed by atoms with E-state index in [1.807, 2.05) is 18.3 Å². The summed E-state index contributed by atoms with van der Waals surface area (Å²) in [7, 11) is 3.58. The van der Waals surface area contributed by atoms with Crippen LogP contribution in [0.3, 0.4) is 0 Å². The quantitative estimate of drug-likeness (QED) is 0.497. The van der Waals surface area contributed by atoms with Crippen molar-refractivity contribution in [2.75, 3.05) is 45.3 Å². The smallest absolute Gasteiger partial charge is 0.129 e. The van der Waals surface area contributed by atoms with E-state index >= 15 is 0 Å². The molecule has 4 heterocycles. The van der Waals surface area contributed by atoms with Crippen LogP contribution in [0.4, 0.5) is 5.82 Å². The van der Waals surface area contributed by atoms with Gasteiger partial charge in [0.15, 0.2) is 0 Å². The van der Waals surface area contributed by atoms with Crippen LogP contribution in [-0.4, -0.2) is 62.6 Å². The third-order valence-corrected chi connectivity index (χ3v) is 6.28. The molecule has 0 saturated carbocycles. The predicted octanol–water partition coefficient (Wildman–Crippen LogP) is 5.34. The van der Waals surface area contributed by atoms with Gasteiger partial charge in [-0.1, -0.05) is 11.6 Å². The molecule has 0 amide bonds. The van der Waals surface area contributed by atoms with E-state index < -0.39 is 0 Å².